The molecule has 0 heterocycles. The van der Waals surface area contributed by atoms with Crippen LogP contribution >= 0.6 is 0 Å². The number of nitrogens with zero attached hydrogens (tertiary/aromatic N) is 1. The lowest BCUT2D eigenvalue weighted by Crippen LogP contribution is -2.13. The van der Waals surface area contributed by atoms with Gasteiger partial charge in [0.05, 0.1) is 16.1 Å². The Labute approximate surface area is 312 Å². The van der Waals surface area contributed by atoms with E-state index in [-0.39, 0.29) is 30.3 Å². The third-order valence-electron chi connectivity index (χ3n) is 7.98. The number of hydrogen-bond donors (Lipinski definition) is 2. The summed E-state index contributed by atoms with van der Waals surface area (Å²) >= 11 is 0. The zero-order chi connectivity index (χ0) is 39.0. The van der Waals surface area contributed by atoms with Gasteiger partial charge in [0.25, 0.3) is 17.5 Å². The maximum atomic E-state index is 12.7. The first-order chi connectivity index (χ1) is 25.6. The van der Waals surface area contributed by atoms with Crippen LogP contribution in [0.4, 0.5) is 43.4 Å². The van der Waals surface area contributed by atoms with E-state index in [2.05, 4.69) is 10.6 Å². The number of benzene rings is 6. The van der Waals surface area contributed by atoms with E-state index in [9.17, 15) is 46.0 Å². The summed E-state index contributed by atoms with van der Waals surface area (Å²) in [5.74, 6) is -0.845. The highest BCUT2D eigenvalue weighted by Crippen LogP contribution is 2.33. The molecule has 0 aliphatic heterocycles. The molecule has 0 aliphatic carbocycles. The van der Waals surface area contributed by atoms with Crippen LogP contribution in [-0.4, -0.2) is 16.7 Å². The van der Waals surface area contributed by atoms with Gasteiger partial charge >= 0.3 is 12.4 Å². The van der Waals surface area contributed by atoms with E-state index < -0.39 is 34.3 Å². The number of nitro groups is 1. The van der Waals surface area contributed by atoms with Gasteiger partial charge in [-0.15, -0.1) is 0 Å². The van der Waals surface area contributed by atoms with E-state index in [1.54, 1.807) is 48.5 Å². The number of amides is 2. The Bertz CT molecular complexity index is 2290. The summed E-state index contributed by atoms with van der Waals surface area (Å²) in [6.07, 6.45) is -8.84. The molecule has 55 heavy (non-hydrogen) atoms. The zero-order valence-electron chi connectivity index (χ0n) is 28.2. The first-order valence-corrected chi connectivity index (χ1v) is 16.1. The molecule has 7 nitrogen and oxygen atoms in total. The molecule has 0 spiro atoms. The molecule has 0 saturated heterocycles. The number of anilines is 2. The minimum atomic E-state index is -4.45. The molecule has 0 atom stereocenters. The van der Waals surface area contributed by atoms with Gasteiger partial charge < -0.3 is 10.6 Å². The zero-order valence-corrected chi connectivity index (χ0v) is 28.2. The summed E-state index contributed by atoms with van der Waals surface area (Å²) in [5, 5.41) is 16.3. The molecule has 2 N–H and O–H groups in total. The smallest absolute Gasteiger partial charge is 0.322 e. The van der Waals surface area contributed by atoms with Gasteiger partial charge in [-0.3, -0.25) is 19.7 Å². The molecule has 0 fully saturated rings. The first-order valence-electron chi connectivity index (χ1n) is 16.1. The Balaban J connectivity index is 0.000000241. The van der Waals surface area contributed by atoms with Gasteiger partial charge in [0, 0.05) is 34.6 Å². The van der Waals surface area contributed by atoms with Crippen molar-refractivity contribution in [1.29, 1.82) is 0 Å². The maximum Gasteiger partial charge on any atom is 0.416 e. The number of carbonyl (C=O) groups is 2. The predicted molar refractivity (Wildman–Crippen MR) is 201 cm³/mol. The SMILES string of the molecule is C.Cc1cccc(NC(=O)c2ccccc2-c2ccc(C(F)(F)F)cc2)c1.O=C(Nc1cccc([N+](=O)[O-])c1)c1ccccc1-c1ccc(C(F)(F)F)cc1. The Kier molecular flexibility index (Phi) is 13.0. The summed E-state index contributed by atoms with van der Waals surface area (Å²) in [7, 11) is 0. The molecule has 0 bridgehead atoms. The molecular weight excluding hydrogens is 724 g/mol. The normalized spacial score (nSPS) is 11.0. The van der Waals surface area contributed by atoms with Crippen LogP contribution in [0.1, 0.15) is 44.8 Å². The highest BCUT2D eigenvalue weighted by atomic mass is 19.4. The molecule has 13 heteroatoms. The Morgan fingerprint density at radius 1 is 0.545 bits per heavy atom. The highest BCUT2D eigenvalue weighted by Gasteiger charge is 2.31. The minimum absolute atomic E-state index is 0. The van der Waals surface area contributed by atoms with Crippen LogP contribution in [0.3, 0.4) is 0 Å². The summed E-state index contributed by atoms with van der Waals surface area (Å²) in [5.41, 5.74) is 2.88. The number of rotatable bonds is 7. The van der Waals surface area contributed by atoms with Crippen molar-refractivity contribution in [2.45, 2.75) is 26.7 Å². The Morgan fingerprint density at radius 2 is 0.945 bits per heavy atom. The van der Waals surface area contributed by atoms with Gasteiger partial charge in [-0.2, -0.15) is 26.3 Å². The monoisotopic (exact) mass is 757 g/mol. The maximum absolute atomic E-state index is 12.7. The highest BCUT2D eigenvalue weighted by molar-refractivity contribution is 6.09. The second kappa shape index (κ2) is 17.4. The molecule has 6 rings (SSSR count). The molecule has 0 aromatic heterocycles. The molecule has 0 aliphatic rings. The number of nitro benzene ring substituents is 1. The van der Waals surface area contributed by atoms with E-state index in [0.717, 1.165) is 29.8 Å². The van der Waals surface area contributed by atoms with E-state index in [4.69, 9.17) is 0 Å². The van der Waals surface area contributed by atoms with E-state index in [0.29, 0.717) is 33.5 Å². The number of halogens is 6. The second-order valence-corrected chi connectivity index (χ2v) is 11.8. The quantitative estimate of drug-likeness (QED) is 0.0961. The first kappa shape index (κ1) is 41.0. The lowest BCUT2D eigenvalue weighted by atomic mass is 9.98. The number of carbonyl (C=O) groups excluding carboxylic acids is 2. The molecule has 0 radical (unpaired) electrons. The summed E-state index contributed by atoms with van der Waals surface area (Å²) in [4.78, 5) is 35.6. The minimum Gasteiger partial charge on any atom is -0.322 e. The van der Waals surface area contributed by atoms with Gasteiger partial charge in [-0.25, -0.2) is 0 Å². The average molecular weight is 758 g/mol. The largest absolute Gasteiger partial charge is 0.416 e. The lowest BCUT2D eigenvalue weighted by Gasteiger charge is -2.12. The van der Waals surface area contributed by atoms with Crippen molar-refractivity contribution in [2.75, 3.05) is 10.6 Å². The van der Waals surface area contributed by atoms with Gasteiger partial charge in [0.15, 0.2) is 0 Å². The standard InChI is InChI=1S/C21H16F3NO.C20H13F3N2O3.CH4/c1-14-5-4-6-17(13-14)25-20(26)19-8-3-2-7-18(19)15-9-11-16(12-10-15)21(22,23)24;21-20(22,23)14-10-8-13(9-11-14)17-6-1-2-7-18(17)19(26)24-15-4-3-5-16(12-15)25(27)28;/h2-13H,1H3,(H,25,26);1-12H,(H,24,26);1H4. The van der Waals surface area contributed by atoms with Crippen LogP contribution in [0.2, 0.25) is 0 Å². The van der Waals surface area contributed by atoms with Crippen molar-refractivity contribution < 1.29 is 40.9 Å². The number of aryl methyl sites for hydroxylation is 1. The van der Waals surface area contributed by atoms with Gasteiger partial charge in [-0.05, 0) is 89.3 Å². The molecule has 2 amide bonds. The molecule has 6 aromatic carbocycles. The van der Waals surface area contributed by atoms with Crippen LogP contribution < -0.4 is 10.6 Å². The summed E-state index contributed by atoms with van der Waals surface area (Å²) in [6.45, 7) is 1.92. The van der Waals surface area contributed by atoms with Crippen LogP contribution in [0.15, 0.2) is 146 Å². The van der Waals surface area contributed by atoms with Crippen LogP contribution in [0.5, 0.6) is 0 Å². The van der Waals surface area contributed by atoms with E-state index in [1.807, 2.05) is 25.1 Å². The number of nitrogens with one attached hydrogen (secondary N) is 2. The van der Waals surface area contributed by atoms with E-state index >= 15 is 0 Å². The lowest BCUT2D eigenvalue weighted by molar-refractivity contribution is -0.384. The summed E-state index contributed by atoms with van der Waals surface area (Å²) < 4.78 is 76.5. The van der Waals surface area contributed by atoms with Gasteiger partial charge in [-0.1, -0.05) is 86.3 Å². The molecule has 282 valence electrons. The fourth-order valence-corrected chi connectivity index (χ4v) is 5.36. The summed E-state index contributed by atoms with van der Waals surface area (Å²) in [6, 6.07) is 35.4. The Morgan fingerprint density at radius 3 is 1.35 bits per heavy atom. The van der Waals surface area contributed by atoms with Crippen molar-refractivity contribution in [3.8, 4) is 22.3 Å². The van der Waals surface area contributed by atoms with Gasteiger partial charge in [0.1, 0.15) is 0 Å². The van der Waals surface area contributed by atoms with Crippen LogP contribution in [0, 0.1) is 17.0 Å². The van der Waals surface area contributed by atoms with Crippen molar-refractivity contribution in [3.63, 3.8) is 0 Å². The number of hydrogen-bond acceptors (Lipinski definition) is 4. The topological polar surface area (TPSA) is 101 Å². The van der Waals surface area contributed by atoms with Crippen molar-refractivity contribution in [1.82, 2.24) is 0 Å². The molecular formula is C42H33F6N3O4. The fraction of sp³-hybridized carbons (Fsp3) is 0.0952. The predicted octanol–water partition coefficient (Wildman–Crippen LogP) is 12.1. The average Bonchev–Trinajstić information content (AvgIpc) is 3.14. The van der Waals surface area contributed by atoms with Crippen molar-refractivity contribution in [2.24, 2.45) is 0 Å². The van der Waals surface area contributed by atoms with Crippen LogP contribution in [0.25, 0.3) is 22.3 Å². The van der Waals surface area contributed by atoms with Gasteiger partial charge in [0.2, 0.25) is 0 Å². The molecule has 0 unspecified atom stereocenters. The third-order valence-corrected chi connectivity index (χ3v) is 7.98. The van der Waals surface area contributed by atoms with Crippen molar-refractivity contribution in [3.05, 3.63) is 184 Å². The molecule has 0 saturated carbocycles. The Hall–Kier alpha value is -6.76. The van der Waals surface area contributed by atoms with E-state index in [1.165, 1.54) is 54.6 Å². The second-order valence-electron chi connectivity index (χ2n) is 11.8. The number of non-ortho nitro benzene ring substituents is 1. The molecule has 6 aromatic rings. The van der Waals surface area contributed by atoms with Crippen LogP contribution in [-0.2, 0) is 12.4 Å². The fourth-order valence-electron chi connectivity index (χ4n) is 5.36. The number of alkyl halides is 6. The third kappa shape index (κ3) is 10.7. The van der Waals surface area contributed by atoms with Crippen molar-refractivity contribution >= 4 is 28.9 Å².